The molecule has 6 heteroatoms. The van der Waals surface area contributed by atoms with Crippen LogP contribution in [0.4, 0.5) is 11.4 Å². The summed E-state index contributed by atoms with van der Waals surface area (Å²) >= 11 is 0. The molecule has 2 aromatic carbocycles. The Balaban J connectivity index is 2.30. The highest BCUT2D eigenvalue weighted by molar-refractivity contribution is 5.96. The fraction of sp³-hybridized carbons (Fsp3) is 0.500. The summed E-state index contributed by atoms with van der Waals surface area (Å²) in [5, 5.41) is 15.5. The Morgan fingerprint density at radius 1 is 0.941 bits per heavy atom. The molecular formula is C28H40N2O4. The molecule has 0 aliphatic rings. The van der Waals surface area contributed by atoms with Crippen LogP contribution in [0, 0.1) is 0 Å². The van der Waals surface area contributed by atoms with Gasteiger partial charge in [-0.3, -0.25) is 9.59 Å². The van der Waals surface area contributed by atoms with E-state index in [1.807, 2.05) is 13.0 Å². The lowest BCUT2D eigenvalue weighted by atomic mass is 9.76. The van der Waals surface area contributed by atoms with Gasteiger partial charge in [0.05, 0.1) is 5.69 Å². The molecule has 6 nitrogen and oxygen atoms in total. The average Bonchev–Trinajstić information content (AvgIpc) is 2.78. The molecule has 0 aliphatic heterocycles. The van der Waals surface area contributed by atoms with Crippen molar-refractivity contribution in [2.45, 2.75) is 91.6 Å². The fourth-order valence-corrected chi connectivity index (χ4v) is 3.58. The van der Waals surface area contributed by atoms with Gasteiger partial charge in [0.1, 0.15) is 11.5 Å². The first kappa shape index (κ1) is 27.2. The van der Waals surface area contributed by atoms with Crippen molar-refractivity contribution in [1.29, 1.82) is 0 Å². The van der Waals surface area contributed by atoms with Gasteiger partial charge < -0.3 is 20.5 Å². The quantitative estimate of drug-likeness (QED) is 0.346. The van der Waals surface area contributed by atoms with Crippen LogP contribution in [-0.2, 0) is 20.4 Å². The summed E-state index contributed by atoms with van der Waals surface area (Å²) in [6.07, 6.45) is 1.74. The number of anilines is 2. The normalized spacial score (nSPS) is 12.7. The van der Waals surface area contributed by atoms with Crippen LogP contribution >= 0.6 is 0 Å². The molecule has 34 heavy (non-hydrogen) atoms. The number of carbonyl (C=O) groups is 2. The van der Waals surface area contributed by atoms with Gasteiger partial charge in [0.15, 0.2) is 6.10 Å². The zero-order valence-corrected chi connectivity index (χ0v) is 21.8. The highest BCUT2D eigenvalue weighted by Gasteiger charge is 2.29. The van der Waals surface area contributed by atoms with Gasteiger partial charge in [0, 0.05) is 24.2 Å². The Hall–Kier alpha value is -3.02. The third-order valence-electron chi connectivity index (χ3n) is 6.77. The minimum absolute atomic E-state index is 0.0457. The van der Waals surface area contributed by atoms with E-state index in [-0.39, 0.29) is 34.1 Å². The highest BCUT2D eigenvalue weighted by Crippen LogP contribution is 2.39. The van der Waals surface area contributed by atoms with Gasteiger partial charge in [0.25, 0.3) is 5.91 Å². The van der Waals surface area contributed by atoms with Gasteiger partial charge in [-0.05, 0) is 53.9 Å². The van der Waals surface area contributed by atoms with Gasteiger partial charge in [-0.2, -0.15) is 0 Å². The van der Waals surface area contributed by atoms with E-state index in [2.05, 4.69) is 64.3 Å². The second-order valence-corrected chi connectivity index (χ2v) is 10.1. The molecular weight excluding hydrogens is 428 g/mol. The van der Waals surface area contributed by atoms with Crippen molar-refractivity contribution in [1.82, 2.24) is 0 Å². The Bertz CT molecular complexity index is 1030. The zero-order valence-electron chi connectivity index (χ0n) is 21.8. The Morgan fingerprint density at radius 2 is 1.59 bits per heavy atom. The molecule has 1 unspecified atom stereocenters. The lowest BCUT2D eigenvalue weighted by Gasteiger charge is -2.31. The smallest absolute Gasteiger partial charge is 0.265 e. The molecule has 0 aromatic heterocycles. The first-order chi connectivity index (χ1) is 15.8. The second-order valence-electron chi connectivity index (χ2n) is 10.1. The number of carbonyl (C=O) groups excluding carboxylic acids is 2. The van der Waals surface area contributed by atoms with Gasteiger partial charge >= 0.3 is 0 Å². The van der Waals surface area contributed by atoms with E-state index >= 15 is 0 Å². The molecule has 0 saturated heterocycles. The van der Waals surface area contributed by atoms with Crippen molar-refractivity contribution in [3.05, 3.63) is 47.5 Å². The number of aromatic hydroxyl groups is 1. The predicted octanol–water partition coefficient (Wildman–Crippen LogP) is 6.52. The number of rotatable bonds is 10. The van der Waals surface area contributed by atoms with Crippen molar-refractivity contribution in [3.8, 4) is 11.5 Å². The minimum Gasteiger partial charge on any atom is -0.506 e. The minimum atomic E-state index is -0.700. The average molecular weight is 469 g/mol. The third kappa shape index (κ3) is 6.52. The molecule has 0 aliphatic carbocycles. The maximum Gasteiger partial charge on any atom is 0.265 e. The number of benzene rings is 2. The molecule has 0 radical (unpaired) electrons. The van der Waals surface area contributed by atoms with E-state index in [4.69, 9.17) is 4.74 Å². The van der Waals surface area contributed by atoms with Crippen molar-refractivity contribution in [2.75, 3.05) is 10.6 Å². The van der Waals surface area contributed by atoms with Crippen LogP contribution in [-0.4, -0.2) is 23.0 Å². The molecule has 2 amide bonds. The van der Waals surface area contributed by atoms with Crippen LogP contribution in [0.5, 0.6) is 11.5 Å². The maximum absolute atomic E-state index is 13.0. The molecule has 0 fully saturated rings. The van der Waals surface area contributed by atoms with Gasteiger partial charge in [-0.25, -0.2) is 0 Å². The Morgan fingerprint density at radius 3 is 2.12 bits per heavy atom. The molecule has 3 N–H and O–H groups in total. The van der Waals surface area contributed by atoms with E-state index in [1.54, 1.807) is 12.1 Å². The number of phenols is 1. The number of hydrogen-bond acceptors (Lipinski definition) is 4. The van der Waals surface area contributed by atoms with E-state index in [9.17, 15) is 14.7 Å². The standard InChI is InChI=1S/C28H40N2O4/c1-9-24(26(33)30-20-13-14-22(23(32)17-20)29-18(4)31)34-25-15-12-19(27(5,6)10-2)16-21(25)28(7,8)11-3/h12-17,24,32H,9-11H2,1-8H3,(H,29,31)(H,30,33). The number of ether oxygens (including phenoxy) is 1. The lowest BCUT2D eigenvalue weighted by molar-refractivity contribution is -0.122. The van der Waals surface area contributed by atoms with Crippen LogP contribution in [0.15, 0.2) is 36.4 Å². The Kier molecular flexibility index (Phi) is 8.76. The van der Waals surface area contributed by atoms with Crippen molar-refractivity contribution in [2.24, 2.45) is 0 Å². The van der Waals surface area contributed by atoms with E-state index in [0.717, 1.165) is 18.4 Å². The molecule has 0 bridgehead atoms. The van der Waals surface area contributed by atoms with Gasteiger partial charge in [-0.1, -0.05) is 60.6 Å². The summed E-state index contributed by atoms with van der Waals surface area (Å²) in [6.45, 7) is 16.5. The second kappa shape index (κ2) is 10.9. The predicted molar refractivity (Wildman–Crippen MR) is 139 cm³/mol. The SMILES string of the molecule is CCC(Oc1ccc(C(C)(C)CC)cc1C(C)(C)CC)C(=O)Nc1ccc(NC(C)=O)c(O)c1. The third-order valence-corrected chi connectivity index (χ3v) is 6.77. The van der Waals surface area contributed by atoms with Crippen LogP contribution < -0.4 is 15.4 Å². The molecule has 0 heterocycles. The first-order valence-electron chi connectivity index (χ1n) is 12.1. The van der Waals surface area contributed by atoms with Crippen LogP contribution in [0.1, 0.15) is 85.8 Å². The molecule has 1 atom stereocenters. The van der Waals surface area contributed by atoms with Crippen molar-refractivity contribution < 1.29 is 19.4 Å². The van der Waals surface area contributed by atoms with Crippen LogP contribution in [0.2, 0.25) is 0 Å². The first-order valence-corrected chi connectivity index (χ1v) is 12.1. The zero-order chi connectivity index (χ0) is 25.7. The lowest BCUT2D eigenvalue weighted by Crippen LogP contribution is -2.33. The van der Waals surface area contributed by atoms with E-state index in [1.165, 1.54) is 18.6 Å². The topological polar surface area (TPSA) is 87.7 Å². The molecule has 2 rings (SSSR count). The Labute approximate surface area is 204 Å². The monoisotopic (exact) mass is 468 g/mol. The van der Waals surface area contributed by atoms with Gasteiger partial charge in [0.2, 0.25) is 5.91 Å². The van der Waals surface area contributed by atoms with Crippen LogP contribution in [0.25, 0.3) is 0 Å². The largest absolute Gasteiger partial charge is 0.506 e. The van der Waals surface area contributed by atoms with Crippen molar-refractivity contribution in [3.63, 3.8) is 0 Å². The number of nitrogens with one attached hydrogen (secondary N) is 2. The van der Waals surface area contributed by atoms with E-state index < -0.39 is 6.10 Å². The molecule has 2 aromatic rings. The number of amides is 2. The maximum atomic E-state index is 13.0. The summed E-state index contributed by atoms with van der Waals surface area (Å²) in [7, 11) is 0. The summed E-state index contributed by atoms with van der Waals surface area (Å²) in [4.78, 5) is 24.3. The molecule has 186 valence electrons. The number of hydrogen-bond donors (Lipinski definition) is 3. The fourth-order valence-electron chi connectivity index (χ4n) is 3.58. The number of phenolic OH excluding ortho intramolecular Hbond substituents is 1. The van der Waals surface area contributed by atoms with Crippen molar-refractivity contribution >= 4 is 23.2 Å². The van der Waals surface area contributed by atoms with Gasteiger partial charge in [-0.15, -0.1) is 0 Å². The summed E-state index contributed by atoms with van der Waals surface area (Å²) in [5.74, 6) is 0.00881. The summed E-state index contributed by atoms with van der Waals surface area (Å²) < 4.78 is 6.29. The summed E-state index contributed by atoms with van der Waals surface area (Å²) in [5.41, 5.74) is 2.99. The summed E-state index contributed by atoms with van der Waals surface area (Å²) in [6, 6.07) is 10.9. The van der Waals surface area contributed by atoms with Crippen LogP contribution in [0.3, 0.4) is 0 Å². The van der Waals surface area contributed by atoms with E-state index in [0.29, 0.717) is 17.9 Å². The molecule has 0 saturated carbocycles. The molecule has 0 spiro atoms. The highest BCUT2D eigenvalue weighted by atomic mass is 16.5.